The van der Waals surface area contributed by atoms with E-state index >= 15 is 0 Å². The van der Waals surface area contributed by atoms with Gasteiger partial charge in [-0.15, -0.1) is 0 Å². The van der Waals surface area contributed by atoms with Gasteiger partial charge < -0.3 is 0 Å². The van der Waals surface area contributed by atoms with E-state index in [0.29, 0.717) is 5.75 Å². The minimum absolute atomic E-state index is 0.198. The maximum Gasteiger partial charge on any atom is 0.244 e. The van der Waals surface area contributed by atoms with Crippen LogP contribution in [0, 0.1) is 13.8 Å². The van der Waals surface area contributed by atoms with Gasteiger partial charge in [0.2, 0.25) is 5.91 Å². The van der Waals surface area contributed by atoms with E-state index in [0.717, 1.165) is 16.3 Å². The van der Waals surface area contributed by atoms with Crippen molar-refractivity contribution in [3.63, 3.8) is 0 Å². The fourth-order valence-corrected chi connectivity index (χ4v) is 1.90. The summed E-state index contributed by atoms with van der Waals surface area (Å²) in [4.78, 5) is 15.2. The van der Waals surface area contributed by atoms with Crippen LogP contribution in [0.2, 0.25) is 0 Å². The molecule has 0 fully saturated rings. The molecule has 0 spiro atoms. The third kappa shape index (κ3) is 3.35. The van der Waals surface area contributed by atoms with E-state index in [-0.39, 0.29) is 5.91 Å². The van der Waals surface area contributed by atoms with E-state index in [4.69, 9.17) is 5.84 Å². The van der Waals surface area contributed by atoms with Crippen LogP contribution >= 0.6 is 11.8 Å². The minimum atomic E-state index is -0.198. The van der Waals surface area contributed by atoms with E-state index in [9.17, 15) is 4.79 Å². The number of nitrogens with one attached hydrogen (secondary N) is 1. The molecule has 1 amide bonds. The second kappa shape index (κ2) is 4.97. The molecular weight excluding hydrogens is 198 g/mol. The highest BCUT2D eigenvalue weighted by molar-refractivity contribution is 7.99. The van der Waals surface area contributed by atoms with Crippen molar-refractivity contribution in [3.05, 3.63) is 23.4 Å². The van der Waals surface area contributed by atoms with Crippen molar-refractivity contribution in [2.24, 2.45) is 5.84 Å². The highest BCUT2D eigenvalue weighted by Gasteiger charge is 2.02. The number of pyridine rings is 1. The zero-order valence-corrected chi connectivity index (χ0v) is 9.02. The number of amides is 1. The summed E-state index contributed by atoms with van der Waals surface area (Å²) in [5.41, 5.74) is 4.18. The fraction of sp³-hybridized carbons (Fsp3) is 0.333. The number of carbonyl (C=O) groups excluding carboxylic acids is 1. The standard InChI is InChI=1S/C9H13N3OS/c1-6-3-7(2)11-9(4-6)14-5-8(13)12-10/h3-4H,5,10H2,1-2H3,(H,12,13). The predicted octanol–water partition coefficient (Wildman–Crippen LogP) is 0.780. The molecule has 0 radical (unpaired) electrons. The largest absolute Gasteiger partial charge is 0.294 e. The van der Waals surface area contributed by atoms with Crippen LogP contribution in [0.25, 0.3) is 0 Å². The Morgan fingerprint density at radius 3 is 2.86 bits per heavy atom. The molecule has 0 aromatic carbocycles. The third-order valence-corrected chi connectivity index (χ3v) is 2.50. The monoisotopic (exact) mass is 211 g/mol. The summed E-state index contributed by atoms with van der Waals surface area (Å²) >= 11 is 1.38. The molecule has 1 aromatic rings. The van der Waals surface area contributed by atoms with Crippen molar-refractivity contribution in [1.82, 2.24) is 10.4 Å². The quantitative estimate of drug-likeness (QED) is 0.335. The van der Waals surface area contributed by atoms with Gasteiger partial charge in [-0.2, -0.15) is 0 Å². The molecule has 1 aromatic heterocycles. The zero-order valence-electron chi connectivity index (χ0n) is 8.20. The number of thioether (sulfide) groups is 1. The first kappa shape index (κ1) is 11.0. The maximum atomic E-state index is 10.9. The second-order valence-corrected chi connectivity index (χ2v) is 3.98. The molecule has 0 saturated heterocycles. The molecule has 0 unspecified atom stereocenters. The van der Waals surface area contributed by atoms with Crippen LogP contribution in [0.4, 0.5) is 0 Å². The molecule has 3 N–H and O–H groups in total. The normalized spacial score (nSPS) is 9.93. The lowest BCUT2D eigenvalue weighted by molar-refractivity contribution is -0.118. The number of hydrogen-bond donors (Lipinski definition) is 2. The summed E-state index contributed by atoms with van der Waals surface area (Å²) in [5, 5.41) is 0.853. The van der Waals surface area contributed by atoms with Gasteiger partial charge in [0.25, 0.3) is 0 Å². The van der Waals surface area contributed by atoms with E-state index in [1.165, 1.54) is 11.8 Å². The molecule has 14 heavy (non-hydrogen) atoms. The van der Waals surface area contributed by atoms with Crippen LogP contribution < -0.4 is 11.3 Å². The van der Waals surface area contributed by atoms with Crippen molar-refractivity contribution < 1.29 is 4.79 Å². The van der Waals surface area contributed by atoms with Crippen LogP contribution in [0.5, 0.6) is 0 Å². The van der Waals surface area contributed by atoms with E-state index in [1.54, 1.807) is 0 Å². The zero-order chi connectivity index (χ0) is 10.6. The SMILES string of the molecule is Cc1cc(C)nc(SCC(=O)NN)c1. The molecule has 0 aliphatic carbocycles. The molecule has 0 aliphatic heterocycles. The van der Waals surface area contributed by atoms with Crippen molar-refractivity contribution in [2.75, 3.05) is 5.75 Å². The van der Waals surface area contributed by atoms with Crippen LogP contribution in [0.15, 0.2) is 17.2 Å². The third-order valence-electron chi connectivity index (χ3n) is 1.59. The van der Waals surface area contributed by atoms with Gasteiger partial charge in [0, 0.05) is 5.69 Å². The second-order valence-electron chi connectivity index (χ2n) is 2.98. The average molecular weight is 211 g/mol. The molecule has 1 heterocycles. The smallest absolute Gasteiger partial charge is 0.244 e. The summed E-state index contributed by atoms with van der Waals surface area (Å²) < 4.78 is 0. The van der Waals surface area contributed by atoms with Crippen molar-refractivity contribution >= 4 is 17.7 Å². The van der Waals surface area contributed by atoms with Gasteiger partial charge in [-0.3, -0.25) is 10.2 Å². The summed E-state index contributed by atoms with van der Waals surface area (Å²) in [6, 6.07) is 3.94. The van der Waals surface area contributed by atoms with Gasteiger partial charge in [-0.1, -0.05) is 11.8 Å². The lowest BCUT2D eigenvalue weighted by Crippen LogP contribution is -2.31. The predicted molar refractivity (Wildman–Crippen MR) is 56.8 cm³/mol. The molecule has 0 atom stereocenters. The van der Waals surface area contributed by atoms with Gasteiger partial charge in [-0.25, -0.2) is 10.8 Å². The van der Waals surface area contributed by atoms with Crippen molar-refractivity contribution in [2.45, 2.75) is 18.9 Å². The molecule has 0 saturated carbocycles. The average Bonchev–Trinajstić information content (AvgIpc) is 2.12. The Labute approximate surface area is 87.3 Å². The van der Waals surface area contributed by atoms with Crippen molar-refractivity contribution in [3.8, 4) is 0 Å². The first-order valence-electron chi connectivity index (χ1n) is 4.19. The van der Waals surface area contributed by atoms with Crippen LogP contribution in [0.1, 0.15) is 11.3 Å². The Kier molecular flexibility index (Phi) is 3.91. The molecular formula is C9H13N3OS. The first-order chi connectivity index (χ1) is 6.61. The van der Waals surface area contributed by atoms with Gasteiger partial charge in [0.1, 0.15) is 0 Å². The molecule has 0 bridgehead atoms. The number of aryl methyl sites for hydroxylation is 2. The summed E-state index contributed by atoms with van der Waals surface area (Å²) in [5.74, 6) is 5.06. The molecule has 1 rings (SSSR count). The highest BCUT2D eigenvalue weighted by Crippen LogP contribution is 2.16. The number of nitrogens with two attached hydrogens (primary N) is 1. The fourth-order valence-electron chi connectivity index (χ4n) is 1.06. The van der Waals surface area contributed by atoms with Gasteiger partial charge in [0.05, 0.1) is 10.8 Å². The Morgan fingerprint density at radius 1 is 1.57 bits per heavy atom. The number of hydrazine groups is 1. The molecule has 76 valence electrons. The Hall–Kier alpha value is -1.07. The number of nitrogens with zero attached hydrogens (tertiary/aromatic N) is 1. The van der Waals surface area contributed by atoms with Crippen LogP contribution in [-0.4, -0.2) is 16.6 Å². The Morgan fingerprint density at radius 2 is 2.29 bits per heavy atom. The van der Waals surface area contributed by atoms with Crippen molar-refractivity contribution in [1.29, 1.82) is 0 Å². The molecule has 4 nitrogen and oxygen atoms in total. The van der Waals surface area contributed by atoms with Crippen LogP contribution in [0.3, 0.4) is 0 Å². The Balaban J connectivity index is 2.63. The maximum absolute atomic E-state index is 10.9. The van der Waals surface area contributed by atoms with Gasteiger partial charge >= 0.3 is 0 Å². The Bertz CT molecular complexity index is 321. The summed E-state index contributed by atoms with van der Waals surface area (Å²) in [7, 11) is 0. The number of aromatic nitrogens is 1. The van der Waals surface area contributed by atoms with Crippen LogP contribution in [-0.2, 0) is 4.79 Å². The first-order valence-corrected chi connectivity index (χ1v) is 5.18. The lowest BCUT2D eigenvalue weighted by atomic mass is 10.3. The minimum Gasteiger partial charge on any atom is -0.294 e. The van der Waals surface area contributed by atoms with Gasteiger partial charge in [-0.05, 0) is 31.5 Å². The summed E-state index contributed by atoms with van der Waals surface area (Å²) in [6.07, 6.45) is 0. The highest BCUT2D eigenvalue weighted by atomic mass is 32.2. The summed E-state index contributed by atoms with van der Waals surface area (Å²) in [6.45, 7) is 3.93. The van der Waals surface area contributed by atoms with Gasteiger partial charge in [0.15, 0.2) is 0 Å². The van der Waals surface area contributed by atoms with E-state index in [1.807, 2.05) is 26.0 Å². The van der Waals surface area contributed by atoms with E-state index < -0.39 is 0 Å². The number of rotatable bonds is 3. The van der Waals surface area contributed by atoms with E-state index in [2.05, 4.69) is 10.4 Å². The number of hydrogen-bond acceptors (Lipinski definition) is 4. The number of carbonyl (C=O) groups is 1. The lowest BCUT2D eigenvalue weighted by Gasteiger charge is -2.02. The topological polar surface area (TPSA) is 68.0 Å². The molecule has 5 heteroatoms. The molecule has 0 aliphatic rings.